The zero-order valence-electron chi connectivity index (χ0n) is 10.3. The molecular formula is C11H26O2S. The molecule has 1 saturated carbocycles. The van der Waals surface area contributed by atoms with Gasteiger partial charge in [-0.1, -0.05) is 46.0 Å². The van der Waals surface area contributed by atoms with Gasteiger partial charge in [0, 0.05) is 6.26 Å². The maximum absolute atomic E-state index is 10.3. The van der Waals surface area contributed by atoms with Crippen LogP contribution in [-0.4, -0.2) is 19.9 Å². The van der Waals surface area contributed by atoms with E-state index in [1.807, 2.05) is 13.8 Å². The normalized spacial score (nSPS) is 15.3. The Balaban J connectivity index is 0. The van der Waals surface area contributed by atoms with E-state index in [1.54, 1.807) is 13.8 Å². The first-order valence-electron chi connectivity index (χ1n) is 5.63. The first-order valence-corrected chi connectivity index (χ1v) is 7.59. The lowest BCUT2D eigenvalue weighted by Crippen LogP contribution is -2.10. The summed E-state index contributed by atoms with van der Waals surface area (Å²) < 4.78 is 20.7. The molecule has 14 heavy (non-hydrogen) atoms. The summed E-state index contributed by atoms with van der Waals surface area (Å²) >= 11 is 0. The van der Waals surface area contributed by atoms with Crippen molar-refractivity contribution in [3.05, 3.63) is 0 Å². The van der Waals surface area contributed by atoms with Gasteiger partial charge in [0.05, 0.1) is 5.25 Å². The maximum atomic E-state index is 10.3. The third-order valence-electron chi connectivity index (χ3n) is 2.11. The highest BCUT2D eigenvalue weighted by Gasteiger charge is 2.05. The van der Waals surface area contributed by atoms with E-state index in [0.29, 0.717) is 0 Å². The number of hydrogen-bond donors (Lipinski definition) is 0. The van der Waals surface area contributed by atoms with Crippen molar-refractivity contribution in [1.82, 2.24) is 0 Å². The van der Waals surface area contributed by atoms with E-state index < -0.39 is 9.84 Å². The van der Waals surface area contributed by atoms with Gasteiger partial charge in [-0.3, -0.25) is 0 Å². The van der Waals surface area contributed by atoms with Crippen molar-refractivity contribution < 1.29 is 8.42 Å². The maximum Gasteiger partial charge on any atom is 0.149 e. The highest BCUT2D eigenvalue weighted by atomic mass is 32.2. The molecule has 1 rings (SSSR count). The molecule has 0 radical (unpaired) electrons. The third kappa shape index (κ3) is 11.9. The Morgan fingerprint density at radius 2 is 1.00 bits per heavy atom. The second-order valence-electron chi connectivity index (χ2n) is 3.65. The van der Waals surface area contributed by atoms with Crippen molar-refractivity contribution in [2.24, 2.45) is 0 Å². The molecule has 0 saturated heterocycles. The van der Waals surface area contributed by atoms with E-state index >= 15 is 0 Å². The zero-order chi connectivity index (χ0) is 11.6. The molecule has 0 spiro atoms. The smallest absolute Gasteiger partial charge is 0.149 e. The van der Waals surface area contributed by atoms with Gasteiger partial charge in [0.15, 0.2) is 0 Å². The molecule has 0 aromatic rings. The van der Waals surface area contributed by atoms with Crippen LogP contribution >= 0.6 is 0 Å². The molecule has 0 bridgehead atoms. The Morgan fingerprint density at radius 3 is 1.07 bits per heavy atom. The molecule has 0 aromatic heterocycles. The molecule has 0 aliphatic heterocycles. The van der Waals surface area contributed by atoms with E-state index in [2.05, 4.69) is 0 Å². The van der Waals surface area contributed by atoms with Crippen molar-refractivity contribution in [2.45, 2.75) is 65.0 Å². The number of rotatable bonds is 1. The predicted octanol–water partition coefficient (Wildman–Crippen LogP) is 3.42. The SMILES string of the molecule is C1CCCC1.CC.CC(C)S(C)(=O)=O. The van der Waals surface area contributed by atoms with E-state index in [4.69, 9.17) is 0 Å². The fourth-order valence-electron chi connectivity index (χ4n) is 0.884. The van der Waals surface area contributed by atoms with Crippen LogP contribution < -0.4 is 0 Å². The molecule has 1 aliphatic carbocycles. The Kier molecular flexibility index (Phi) is 11.1. The van der Waals surface area contributed by atoms with Gasteiger partial charge in [0.1, 0.15) is 9.84 Å². The van der Waals surface area contributed by atoms with Gasteiger partial charge in [-0.25, -0.2) is 8.42 Å². The first-order chi connectivity index (χ1) is 6.44. The van der Waals surface area contributed by atoms with E-state index in [9.17, 15) is 8.42 Å². The van der Waals surface area contributed by atoms with Gasteiger partial charge in [-0.15, -0.1) is 0 Å². The zero-order valence-corrected chi connectivity index (χ0v) is 11.2. The van der Waals surface area contributed by atoms with Crippen molar-refractivity contribution in [3.8, 4) is 0 Å². The summed E-state index contributed by atoms with van der Waals surface area (Å²) in [6, 6.07) is 0. The van der Waals surface area contributed by atoms with Crippen molar-refractivity contribution in [2.75, 3.05) is 6.26 Å². The van der Waals surface area contributed by atoms with Crippen LogP contribution in [0.15, 0.2) is 0 Å². The lowest BCUT2D eigenvalue weighted by Gasteiger charge is -1.96. The van der Waals surface area contributed by atoms with Gasteiger partial charge in [0.25, 0.3) is 0 Å². The molecule has 0 N–H and O–H groups in total. The summed E-state index contributed by atoms with van der Waals surface area (Å²) in [6.45, 7) is 7.32. The lowest BCUT2D eigenvalue weighted by molar-refractivity contribution is 0.593. The van der Waals surface area contributed by atoms with E-state index in [1.165, 1.54) is 38.4 Å². The Labute approximate surface area is 90.0 Å². The largest absolute Gasteiger partial charge is 0.229 e. The van der Waals surface area contributed by atoms with Crippen LogP contribution in [-0.2, 0) is 9.84 Å². The van der Waals surface area contributed by atoms with Gasteiger partial charge in [-0.05, 0) is 13.8 Å². The van der Waals surface area contributed by atoms with Crippen LogP contribution in [0, 0.1) is 0 Å². The van der Waals surface area contributed by atoms with Crippen LogP contribution in [0.1, 0.15) is 59.8 Å². The van der Waals surface area contributed by atoms with Crippen molar-refractivity contribution >= 4 is 9.84 Å². The quantitative estimate of drug-likeness (QED) is 0.681. The summed E-state index contributed by atoms with van der Waals surface area (Å²) in [5.41, 5.74) is 0. The molecule has 1 aliphatic rings. The topological polar surface area (TPSA) is 34.1 Å². The molecule has 3 heteroatoms. The van der Waals surface area contributed by atoms with Crippen LogP contribution in [0.25, 0.3) is 0 Å². The monoisotopic (exact) mass is 222 g/mol. The second-order valence-corrected chi connectivity index (χ2v) is 6.25. The van der Waals surface area contributed by atoms with Gasteiger partial charge in [0.2, 0.25) is 0 Å². The molecular weight excluding hydrogens is 196 g/mol. The second kappa shape index (κ2) is 9.50. The van der Waals surface area contributed by atoms with Crippen LogP contribution in [0.5, 0.6) is 0 Å². The van der Waals surface area contributed by atoms with Gasteiger partial charge >= 0.3 is 0 Å². The molecule has 2 nitrogen and oxygen atoms in total. The van der Waals surface area contributed by atoms with E-state index in [0.717, 1.165) is 0 Å². The summed E-state index contributed by atoms with van der Waals surface area (Å²) in [5, 5.41) is -0.229. The highest BCUT2D eigenvalue weighted by molar-refractivity contribution is 7.91. The fourth-order valence-corrected chi connectivity index (χ4v) is 0.884. The van der Waals surface area contributed by atoms with Gasteiger partial charge < -0.3 is 0 Å². The first kappa shape index (κ1) is 16.4. The predicted molar refractivity (Wildman–Crippen MR) is 64.4 cm³/mol. The summed E-state index contributed by atoms with van der Waals surface area (Å²) in [4.78, 5) is 0. The molecule has 0 atom stereocenters. The molecule has 0 aromatic carbocycles. The minimum absolute atomic E-state index is 0.229. The van der Waals surface area contributed by atoms with Crippen LogP contribution in [0.3, 0.4) is 0 Å². The molecule has 0 amide bonds. The standard InChI is InChI=1S/C5H10.C4H10O2S.C2H6/c1-2-4-5-3-1;1-4(2)7(3,5)6;1-2/h1-5H2;4H,1-3H3;1-2H3. The average molecular weight is 222 g/mol. The van der Waals surface area contributed by atoms with Crippen LogP contribution in [0.4, 0.5) is 0 Å². The summed E-state index contributed by atoms with van der Waals surface area (Å²) in [5.74, 6) is 0. The van der Waals surface area contributed by atoms with Crippen LogP contribution in [0.2, 0.25) is 0 Å². The fraction of sp³-hybridized carbons (Fsp3) is 1.00. The highest BCUT2D eigenvalue weighted by Crippen LogP contribution is 2.15. The minimum atomic E-state index is -2.74. The van der Waals surface area contributed by atoms with Crippen molar-refractivity contribution in [1.29, 1.82) is 0 Å². The molecule has 1 fully saturated rings. The van der Waals surface area contributed by atoms with Crippen molar-refractivity contribution in [3.63, 3.8) is 0 Å². The van der Waals surface area contributed by atoms with E-state index in [-0.39, 0.29) is 5.25 Å². The Bertz CT molecular complexity index is 182. The summed E-state index contributed by atoms with van der Waals surface area (Å²) in [7, 11) is -2.74. The molecule has 0 unspecified atom stereocenters. The molecule has 88 valence electrons. The number of sulfone groups is 1. The lowest BCUT2D eigenvalue weighted by atomic mass is 10.4. The average Bonchev–Trinajstić information content (AvgIpc) is 2.63. The Morgan fingerprint density at radius 1 is 0.857 bits per heavy atom. The Hall–Kier alpha value is -0.0500. The van der Waals surface area contributed by atoms with Gasteiger partial charge in [-0.2, -0.15) is 0 Å². The molecule has 0 heterocycles. The number of hydrogen-bond acceptors (Lipinski definition) is 2. The minimum Gasteiger partial charge on any atom is -0.229 e. The third-order valence-corrected chi connectivity index (χ3v) is 3.82. The summed E-state index contributed by atoms with van der Waals surface area (Å²) in [6.07, 6.45) is 8.73.